The van der Waals surface area contributed by atoms with Gasteiger partial charge in [0.25, 0.3) is 10.0 Å². The molecule has 0 spiro atoms. The van der Waals surface area contributed by atoms with Crippen LogP contribution in [0.25, 0.3) is 0 Å². The third-order valence-electron chi connectivity index (χ3n) is 2.71. The van der Waals surface area contributed by atoms with E-state index in [0.29, 0.717) is 19.6 Å². The summed E-state index contributed by atoms with van der Waals surface area (Å²) in [5, 5.41) is 7.36. The highest BCUT2D eigenvalue weighted by atomic mass is 35.5. The van der Waals surface area contributed by atoms with Crippen LogP contribution in [0.15, 0.2) is 17.3 Å². The molecule has 1 fully saturated rings. The normalized spacial score (nSPS) is 22.1. The Morgan fingerprint density at radius 3 is 2.76 bits per heavy atom. The first kappa shape index (κ1) is 14.4. The molecule has 6 nitrogen and oxygen atoms in total. The number of hydrogen-bond acceptors (Lipinski definition) is 4. The Kier molecular flexibility index (Phi) is 4.54. The minimum Gasteiger partial charge on any atom is -0.312 e. The summed E-state index contributed by atoms with van der Waals surface area (Å²) in [6, 6.07) is 1.72. The molecule has 0 aliphatic carbocycles. The number of piperazine rings is 1. The van der Waals surface area contributed by atoms with Crippen molar-refractivity contribution in [2.75, 3.05) is 19.6 Å². The summed E-state index contributed by atoms with van der Waals surface area (Å²) in [6.45, 7) is 3.69. The first-order valence-electron chi connectivity index (χ1n) is 5.23. The predicted molar refractivity (Wildman–Crippen MR) is 66.7 cm³/mol. The van der Waals surface area contributed by atoms with Gasteiger partial charge >= 0.3 is 0 Å². The van der Waals surface area contributed by atoms with Crippen LogP contribution in [0, 0.1) is 0 Å². The molecule has 1 aromatic heterocycles. The van der Waals surface area contributed by atoms with Gasteiger partial charge in [-0.25, -0.2) is 8.42 Å². The lowest BCUT2D eigenvalue weighted by atomic mass is 10.3. The van der Waals surface area contributed by atoms with Gasteiger partial charge in [0, 0.05) is 32.7 Å². The zero-order valence-electron chi connectivity index (χ0n) is 9.83. The van der Waals surface area contributed by atoms with Gasteiger partial charge in [-0.2, -0.15) is 9.40 Å². The van der Waals surface area contributed by atoms with Gasteiger partial charge in [0.15, 0.2) is 5.03 Å². The molecule has 1 saturated heterocycles. The van der Waals surface area contributed by atoms with Crippen LogP contribution >= 0.6 is 12.4 Å². The van der Waals surface area contributed by atoms with Gasteiger partial charge in [-0.05, 0) is 13.0 Å². The molecular formula is C9H17ClN4O2S. The SMILES string of the molecule is C[C@@H]1CN(S(=O)(=O)c2ccnn2C)CCN1.Cl. The van der Waals surface area contributed by atoms with Crippen LogP contribution < -0.4 is 5.32 Å². The van der Waals surface area contributed by atoms with Crippen LogP contribution in [0.1, 0.15) is 6.92 Å². The van der Waals surface area contributed by atoms with Crippen molar-refractivity contribution in [2.24, 2.45) is 7.05 Å². The Morgan fingerprint density at radius 1 is 1.53 bits per heavy atom. The smallest absolute Gasteiger partial charge is 0.260 e. The molecule has 1 N–H and O–H groups in total. The molecule has 8 heteroatoms. The van der Waals surface area contributed by atoms with Gasteiger partial charge in [-0.3, -0.25) is 4.68 Å². The highest BCUT2D eigenvalue weighted by molar-refractivity contribution is 7.89. The molecule has 0 aromatic carbocycles. The molecule has 1 aliphatic heterocycles. The van der Waals surface area contributed by atoms with Crippen molar-refractivity contribution < 1.29 is 8.42 Å². The maximum Gasteiger partial charge on any atom is 0.260 e. The van der Waals surface area contributed by atoms with Gasteiger partial charge in [-0.15, -0.1) is 12.4 Å². The molecule has 0 radical (unpaired) electrons. The standard InChI is InChI=1S/C9H16N4O2S.ClH/c1-8-7-13(6-5-10-8)16(14,15)9-3-4-11-12(9)2;/h3-4,8,10H,5-7H2,1-2H3;1H/t8-;/m1./s1. The van der Waals surface area contributed by atoms with Crippen molar-refractivity contribution in [3.05, 3.63) is 12.3 Å². The van der Waals surface area contributed by atoms with E-state index < -0.39 is 10.0 Å². The lowest BCUT2D eigenvalue weighted by Crippen LogP contribution is -2.51. The lowest BCUT2D eigenvalue weighted by Gasteiger charge is -2.30. The fourth-order valence-electron chi connectivity index (χ4n) is 1.86. The van der Waals surface area contributed by atoms with Crippen molar-refractivity contribution in [3.8, 4) is 0 Å². The van der Waals surface area contributed by atoms with Crippen LogP contribution in [0.5, 0.6) is 0 Å². The quantitative estimate of drug-likeness (QED) is 0.816. The average molecular weight is 281 g/mol. The summed E-state index contributed by atoms with van der Waals surface area (Å²) < 4.78 is 27.4. The van der Waals surface area contributed by atoms with Crippen molar-refractivity contribution in [1.29, 1.82) is 0 Å². The Balaban J connectivity index is 0.00000144. The third-order valence-corrected chi connectivity index (χ3v) is 4.65. The molecule has 17 heavy (non-hydrogen) atoms. The van der Waals surface area contributed by atoms with Gasteiger partial charge in [0.1, 0.15) is 0 Å². The van der Waals surface area contributed by atoms with Crippen molar-refractivity contribution in [2.45, 2.75) is 18.0 Å². The van der Waals surface area contributed by atoms with E-state index in [1.807, 2.05) is 6.92 Å². The van der Waals surface area contributed by atoms with Crippen molar-refractivity contribution in [3.63, 3.8) is 0 Å². The number of hydrogen-bond donors (Lipinski definition) is 1. The number of aryl methyl sites for hydroxylation is 1. The number of halogens is 1. The molecule has 0 bridgehead atoms. The molecule has 2 heterocycles. The molecule has 1 aliphatic rings. The summed E-state index contributed by atoms with van der Waals surface area (Å²) in [5.74, 6) is 0. The topological polar surface area (TPSA) is 67.2 Å². The molecule has 2 rings (SSSR count). The maximum atomic E-state index is 12.3. The number of rotatable bonds is 2. The van der Waals surface area contributed by atoms with Crippen molar-refractivity contribution >= 4 is 22.4 Å². The highest BCUT2D eigenvalue weighted by Crippen LogP contribution is 2.15. The monoisotopic (exact) mass is 280 g/mol. The molecule has 98 valence electrons. The number of aromatic nitrogens is 2. The second-order valence-corrected chi connectivity index (χ2v) is 5.90. The third kappa shape index (κ3) is 2.79. The van der Waals surface area contributed by atoms with Gasteiger partial charge in [0.2, 0.25) is 0 Å². The average Bonchev–Trinajstić information content (AvgIpc) is 2.65. The summed E-state index contributed by atoms with van der Waals surface area (Å²) in [4.78, 5) is 0. The molecule has 0 saturated carbocycles. The fraction of sp³-hybridized carbons (Fsp3) is 0.667. The molecule has 1 atom stereocenters. The zero-order chi connectivity index (χ0) is 11.8. The highest BCUT2D eigenvalue weighted by Gasteiger charge is 2.30. The molecule has 1 aromatic rings. The van der Waals surface area contributed by atoms with Crippen molar-refractivity contribution in [1.82, 2.24) is 19.4 Å². The molecule has 0 unspecified atom stereocenters. The first-order chi connectivity index (χ1) is 7.51. The zero-order valence-corrected chi connectivity index (χ0v) is 11.5. The van der Waals surface area contributed by atoms with E-state index in [4.69, 9.17) is 0 Å². The largest absolute Gasteiger partial charge is 0.312 e. The summed E-state index contributed by atoms with van der Waals surface area (Å²) >= 11 is 0. The van der Waals surface area contributed by atoms with Crippen LogP contribution in [0.3, 0.4) is 0 Å². The van der Waals surface area contributed by atoms with E-state index in [2.05, 4.69) is 10.4 Å². The maximum absolute atomic E-state index is 12.3. The van der Waals surface area contributed by atoms with Gasteiger partial charge in [0.05, 0.1) is 6.20 Å². The Labute approximate surface area is 107 Å². The van der Waals surface area contributed by atoms with E-state index in [-0.39, 0.29) is 23.5 Å². The summed E-state index contributed by atoms with van der Waals surface area (Å²) in [5.41, 5.74) is 0. The van der Waals surface area contributed by atoms with Crippen LogP contribution in [-0.4, -0.2) is 48.2 Å². The van der Waals surface area contributed by atoms with Gasteiger partial charge in [-0.1, -0.05) is 0 Å². The summed E-state index contributed by atoms with van der Waals surface area (Å²) in [6.07, 6.45) is 1.50. The first-order valence-corrected chi connectivity index (χ1v) is 6.67. The number of sulfonamides is 1. The Morgan fingerprint density at radius 2 is 2.24 bits per heavy atom. The fourth-order valence-corrected chi connectivity index (χ4v) is 3.49. The van der Waals surface area contributed by atoms with E-state index in [9.17, 15) is 8.42 Å². The second-order valence-electron chi connectivity index (χ2n) is 4.01. The number of nitrogens with zero attached hydrogens (tertiary/aromatic N) is 3. The molecular weight excluding hydrogens is 264 g/mol. The van der Waals surface area contributed by atoms with E-state index >= 15 is 0 Å². The van der Waals surface area contributed by atoms with Crippen LogP contribution in [0.2, 0.25) is 0 Å². The van der Waals surface area contributed by atoms with E-state index in [1.54, 1.807) is 7.05 Å². The van der Waals surface area contributed by atoms with E-state index in [0.717, 1.165) is 0 Å². The minimum atomic E-state index is -3.39. The van der Waals surface area contributed by atoms with Gasteiger partial charge < -0.3 is 5.32 Å². The van der Waals surface area contributed by atoms with Crippen LogP contribution in [0.4, 0.5) is 0 Å². The minimum absolute atomic E-state index is 0. The number of nitrogens with one attached hydrogen (secondary N) is 1. The molecule has 0 amide bonds. The summed E-state index contributed by atoms with van der Waals surface area (Å²) in [7, 11) is -1.75. The Hall–Kier alpha value is -0.630. The van der Waals surface area contributed by atoms with E-state index in [1.165, 1.54) is 21.3 Å². The Bertz CT molecular complexity index is 473. The second kappa shape index (κ2) is 5.34. The lowest BCUT2D eigenvalue weighted by molar-refractivity contribution is 0.308. The predicted octanol–water partition coefficient (Wildman–Crippen LogP) is -0.176. The van der Waals surface area contributed by atoms with Crippen LogP contribution in [-0.2, 0) is 17.1 Å².